The van der Waals surface area contributed by atoms with E-state index in [9.17, 15) is 9.59 Å². The van der Waals surface area contributed by atoms with Gasteiger partial charge in [-0.2, -0.15) is 0 Å². The molecule has 0 spiro atoms. The van der Waals surface area contributed by atoms with Crippen molar-refractivity contribution < 1.29 is 14.3 Å². The van der Waals surface area contributed by atoms with E-state index >= 15 is 0 Å². The van der Waals surface area contributed by atoms with Gasteiger partial charge in [0, 0.05) is 5.92 Å². The second kappa shape index (κ2) is 4.84. The molecular formula is C9H15NO3. The molecule has 1 aliphatic rings. The number of unbranched alkanes of at least 4 members (excludes halogenated alkanes) is 1. The highest BCUT2D eigenvalue weighted by molar-refractivity contribution is 5.94. The van der Waals surface area contributed by atoms with Crippen LogP contribution < -0.4 is 5.32 Å². The molecule has 0 unspecified atom stereocenters. The first kappa shape index (κ1) is 10.0. The Balaban J connectivity index is 2.06. The lowest BCUT2D eigenvalue weighted by Crippen LogP contribution is -2.32. The summed E-state index contributed by atoms with van der Waals surface area (Å²) in [4.78, 5) is 21.9. The molecule has 1 N–H and O–H groups in total. The second-order valence-electron chi connectivity index (χ2n) is 3.25. The molecule has 13 heavy (non-hydrogen) atoms. The predicted molar refractivity (Wildman–Crippen MR) is 47.1 cm³/mol. The lowest BCUT2D eigenvalue weighted by molar-refractivity contribution is -0.121. The average molecular weight is 185 g/mol. The zero-order chi connectivity index (χ0) is 9.68. The summed E-state index contributed by atoms with van der Waals surface area (Å²) in [5.41, 5.74) is 0. The maximum absolute atomic E-state index is 11.0. The summed E-state index contributed by atoms with van der Waals surface area (Å²) in [5.74, 6) is -0.139. The standard InChI is InChI=1S/C9H15NO3/c1-2-3-6-13-9(12)10-8(11)7-4-5-7/h7H,2-6H2,1H3,(H,10,11,12). The summed E-state index contributed by atoms with van der Waals surface area (Å²) < 4.78 is 4.76. The molecule has 0 atom stereocenters. The topological polar surface area (TPSA) is 55.4 Å². The predicted octanol–water partition coefficient (Wildman–Crippen LogP) is 1.45. The van der Waals surface area contributed by atoms with Crippen LogP contribution in [-0.2, 0) is 9.53 Å². The first-order valence-corrected chi connectivity index (χ1v) is 4.71. The number of imide groups is 1. The Hall–Kier alpha value is -1.06. The van der Waals surface area contributed by atoms with Crippen LogP contribution >= 0.6 is 0 Å². The van der Waals surface area contributed by atoms with E-state index in [1.165, 1.54) is 0 Å². The van der Waals surface area contributed by atoms with Crippen molar-refractivity contribution in [3.63, 3.8) is 0 Å². The Morgan fingerprint density at radius 3 is 2.69 bits per heavy atom. The van der Waals surface area contributed by atoms with Gasteiger partial charge in [0.05, 0.1) is 6.61 Å². The van der Waals surface area contributed by atoms with Crippen LogP contribution in [0.1, 0.15) is 32.6 Å². The molecule has 0 radical (unpaired) electrons. The van der Waals surface area contributed by atoms with E-state index in [0.717, 1.165) is 25.7 Å². The molecule has 4 heteroatoms. The molecule has 4 nitrogen and oxygen atoms in total. The van der Waals surface area contributed by atoms with Crippen LogP contribution in [0, 0.1) is 5.92 Å². The fourth-order valence-corrected chi connectivity index (χ4v) is 0.893. The monoisotopic (exact) mass is 185 g/mol. The summed E-state index contributed by atoms with van der Waals surface area (Å²) in [6, 6.07) is 0. The molecule has 0 heterocycles. The SMILES string of the molecule is CCCCOC(=O)NC(=O)C1CC1. The molecule has 0 saturated heterocycles. The Kier molecular flexibility index (Phi) is 3.73. The highest BCUT2D eigenvalue weighted by Crippen LogP contribution is 2.28. The largest absolute Gasteiger partial charge is 0.449 e. The van der Waals surface area contributed by atoms with E-state index in [4.69, 9.17) is 4.74 Å². The van der Waals surface area contributed by atoms with Gasteiger partial charge in [0.25, 0.3) is 0 Å². The molecule has 1 aliphatic carbocycles. The van der Waals surface area contributed by atoms with E-state index in [-0.39, 0.29) is 11.8 Å². The van der Waals surface area contributed by atoms with E-state index in [1.54, 1.807) is 0 Å². The number of nitrogens with one attached hydrogen (secondary N) is 1. The van der Waals surface area contributed by atoms with E-state index in [2.05, 4.69) is 5.32 Å². The van der Waals surface area contributed by atoms with Crippen LogP contribution in [0.15, 0.2) is 0 Å². The average Bonchev–Trinajstić information content (AvgIpc) is 2.86. The van der Waals surface area contributed by atoms with Crippen LogP contribution in [0.4, 0.5) is 4.79 Å². The summed E-state index contributed by atoms with van der Waals surface area (Å²) in [6.45, 7) is 2.40. The van der Waals surface area contributed by atoms with Crippen molar-refractivity contribution in [1.82, 2.24) is 5.32 Å². The maximum Gasteiger partial charge on any atom is 0.413 e. The summed E-state index contributed by atoms with van der Waals surface area (Å²) in [7, 11) is 0. The smallest absolute Gasteiger partial charge is 0.413 e. The van der Waals surface area contributed by atoms with Crippen LogP contribution in [-0.4, -0.2) is 18.6 Å². The van der Waals surface area contributed by atoms with E-state index in [0.29, 0.717) is 6.61 Å². The van der Waals surface area contributed by atoms with Crippen molar-refractivity contribution in [3.05, 3.63) is 0 Å². The Morgan fingerprint density at radius 2 is 2.15 bits per heavy atom. The molecule has 1 saturated carbocycles. The first-order valence-electron chi connectivity index (χ1n) is 4.71. The zero-order valence-electron chi connectivity index (χ0n) is 7.84. The third kappa shape index (κ3) is 3.92. The molecule has 1 rings (SSSR count). The molecule has 0 aromatic carbocycles. The maximum atomic E-state index is 11.0. The number of hydrogen-bond donors (Lipinski definition) is 1. The number of amides is 2. The minimum atomic E-state index is -0.606. The van der Waals surface area contributed by atoms with Crippen molar-refractivity contribution in [2.75, 3.05) is 6.61 Å². The van der Waals surface area contributed by atoms with Gasteiger partial charge in [-0.1, -0.05) is 13.3 Å². The van der Waals surface area contributed by atoms with Crippen LogP contribution in [0.2, 0.25) is 0 Å². The molecule has 0 aromatic heterocycles. The van der Waals surface area contributed by atoms with Crippen molar-refractivity contribution in [2.45, 2.75) is 32.6 Å². The van der Waals surface area contributed by atoms with Gasteiger partial charge in [-0.3, -0.25) is 10.1 Å². The fourth-order valence-electron chi connectivity index (χ4n) is 0.893. The van der Waals surface area contributed by atoms with E-state index < -0.39 is 6.09 Å². The fraction of sp³-hybridized carbons (Fsp3) is 0.778. The van der Waals surface area contributed by atoms with Gasteiger partial charge in [-0.15, -0.1) is 0 Å². The number of carbonyl (C=O) groups excluding carboxylic acids is 2. The van der Waals surface area contributed by atoms with Gasteiger partial charge in [0.15, 0.2) is 0 Å². The van der Waals surface area contributed by atoms with E-state index in [1.807, 2.05) is 6.92 Å². The molecule has 74 valence electrons. The molecular weight excluding hydrogens is 170 g/mol. The number of rotatable bonds is 4. The second-order valence-corrected chi connectivity index (χ2v) is 3.25. The Morgan fingerprint density at radius 1 is 1.46 bits per heavy atom. The van der Waals surface area contributed by atoms with Gasteiger partial charge in [0.2, 0.25) is 5.91 Å². The lowest BCUT2D eigenvalue weighted by atomic mass is 10.4. The van der Waals surface area contributed by atoms with Crippen LogP contribution in [0.5, 0.6) is 0 Å². The van der Waals surface area contributed by atoms with Gasteiger partial charge in [0.1, 0.15) is 0 Å². The van der Waals surface area contributed by atoms with Gasteiger partial charge < -0.3 is 4.74 Å². The molecule has 2 amide bonds. The normalized spacial score (nSPS) is 15.2. The van der Waals surface area contributed by atoms with Crippen LogP contribution in [0.3, 0.4) is 0 Å². The quantitative estimate of drug-likeness (QED) is 0.674. The molecule has 1 fully saturated rings. The van der Waals surface area contributed by atoms with Crippen molar-refractivity contribution in [2.24, 2.45) is 5.92 Å². The molecule has 0 aromatic rings. The lowest BCUT2D eigenvalue weighted by Gasteiger charge is -2.03. The Labute approximate surface area is 77.6 Å². The highest BCUT2D eigenvalue weighted by atomic mass is 16.5. The minimum Gasteiger partial charge on any atom is -0.449 e. The molecule has 0 aliphatic heterocycles. The molecule has 0 bridgehead atoms. The summed E-state index contributed by atoms with van der Waals surface area (Å²) in [5, 5.41) is 2.20. The third-order valence-electron chi connectivity index (χ3n) is 1.90. The third-order valence-corrected chi connectivity index (χ3v) is 1.90. The Bertz CT molecular complexity index is 199. The number of carbonyl (C=O) groups is 2. The number of ether oxygens (including phenoxy) is 1. The van der Waals surface area contributed by atoms with Crippen molar-refractivity contribution in [3.8, 4) is 0 Å². The minimum absolute atomic E-state index is 0.0544. The summed E-state index contributed by atoms with van der Waals surface area (Å²) in [6.07, 6.45) is 3.00. The number of hydrogen-bond acceptors (Lipinski definition) is 3. The summed E-state index contributed by atoms with van der Waals surface area (Å²) >= 11 is 0. The van der Waals surface area contributed by atoms with Crippen molar-refractivity contribution >= 4 is 12.0 Å². The van der Waals surface area contributed by atoms with Gasteiger partial charge in [-0.25, -0.2) is 4.79 Å². The number of alkyl carbamates (subject to hydrolysis) is 1. The van der Waals surface area contributed by atoms with Gasteiger partial charge in [-0.05, 0) is 19.3 Å². The van der Waals surface area contributed by atoms with Crippen molar-refractivity contribution in [1.29, 1.82) is 0 Å². The van der Waals surface area contributed by atoms with Gasteiger partial charge >= 0.3 is 6.09 Å². The first-order chi connectivity index (χ1) is 6.24. The van der Waals surface area contributed by atoms with Crippen LogP contribution in [0.25, 0.3) is 0 Å². The zero-order valence-corrected chi connectivity index (χ0v) is 7.84. The highest BCUT2D eigenvalue weighted by Gasteiger charge is 2.30.